The van der Waals surface area contributed by atoms with E-state index in [0.29, 0.717) is 6.54 Å². The minimum Gasteiger partial charge on any atom is -0.357 e. The lowest BCUT2D eigenvalue weighted by Crippen LogP contribution is -2.30. The van der Waals surface area contributed by atoms with E-state index in [2.05, 4.69) is 27.3 Å². The van der Waals surface area contributed by atoms with Gasteiger partial charge in [-0.1, -0.05) is 0 Å². The van der Waals surface area contributed by atoms with Crippen LogP contribution in [0.25, 0.3) is 0 Å². The molecular formula is C19H23N3OS. The molecule has 0 spiro atoms. The highest BCUT2D eigenvalue weighted by molar-refractivity contribution is 7.14. The lowest BCUT2D eigenvalue weighted by atomic mass is 10.1. The van der Waals surface area contributed by atoms with Gasteiger partial charge in [-0.15, -0.1) is 11.3 Å². The fourth-order valence-corrected chi connectivity index (χ4v) is 4.75. The van der Waals surface area contributed by atoms with Crippen LogP contribution in [-0.2, 0) is 19.4 Å². The normalized spacial score (nSPS) is 16.9. The van der Waals surface area contributed by atoms with E-state index in [1.54, 1.807) is 11.3 Å². The van der Waals surface area contributed by atoms with Crippen LogP contribution in [0.5, 0.6) is 0 Å². The Morgan fingerprint density at radius 2 is 2.04 bits per heavy atom. The average Bonchev–Trinajstić information content (AvgIpc) is 3.23. The zero-order valence-electron chi connectivity index (χ0n) is 13.9. The summed E-state index contributed by atoms with van der Waals surface area (Å²) in [6.07, 6.45) is 9.15. The molecule has 2 aliphatic rings. The molecule has 1 aliphatic carbocycles. The molecular weight excluding hydrogens is 318 g/mol. The van der Waals surface area contributed by atoms with E-state index in [0.717, 1.165) is 42.2 Å². The molecule has 5 heteroatoms. The number of rotatable bonds is 4. The fraction of sp³-hybridized carbons (Fsp3) is 0.474. The van der Waals surface area contributed by atoms with E-state index in [1.165, 1.54) is 36.1 Å². The number of aryl methyl sites for hydroxylation is 2. The third kappa shape index (κ3) is 3.31. The van der Waals surface area contributed by atoms with Crippen molar-refractivity contribution in [1.82, 2.24) is 10.3 Å². The lowest BCUT2D eigenvalue weighted by molar-refractivity contribution is 0.0955. The molecule has 0 aromatic carbocycles. The maximum Gasteiger partial charge on any atom is 0.261 e. The third-order valence-electron chi connectivity index (χ3n) is 4.91. The molecule has 4 nitrogen and oxygen atoms in total. The quantitative estimate of drug-likeness (QED) is 0.925. The van der Waals surface area contributed by atoms with E-state index in [4.69, 9.17) is 0 Å². The van der Waals surface area contributed by atoms with Gasteiger partial charge in [0.2, 0.25) is 0 Å². The van der Waals surface area contributed by atoms with Crippen LogP contribution in [0.1, 0.15) is 51.4 Å². The zero-order chi connectivity index (χ0) is 16.4. The number of carbonyl (C=O) groups is 1. The monoisotopic (exact) mass is 341 g/mol. The Labute approximate surface area is 146 Å². The summed E-state index contributed by atoms with van der Waals surface area (Å²) in [5.41, 5.74) is 2.49. The number of hydrogen-bond donors (Lipinski definition) is 1. The van der Waals surface area contributed by atoms with Crippen LogP contribution in [0.15, 0.2) is 24.4 Å². The summed E-state index contributed by atoms with van der Waals surface area (Å²) in [5.74, 6) is 1.09. The van der Waals surface area contributed by atoms with Gasteiger partial charge in [0.1, 0.15) is 5.82 Å². The highest BCUT2D eigenvalue weighted by Crippen LogP contribution is 2.30. The predicted octanol–water partition coefficient (Wildman–Crippen LogP) is 3.55. The van der Waals surface area contributed by atoms with Gasteiger partial charge in [-0.2, -0.15) is 0 Å². The number of thiophene rings is 1. The highest BCUT2D eigenvalue weighted by atomic mass is 32.1. The molecule has 0 atom stereocenters. The maximum atomic E-state index is 12.4. The number of piperidine rings is 1. The molecule has 4 rings (SSSR count). The molecule has 24 heavy (non-hydrogen) atoms. The van der Waals surface area contributed by atoms with Crippen LogP contribution >= 0.6 is 11.3 Å². The van der Waals surface area contributed by atoms with Gasteiger partial charge in [-0.3, -0.25) is 4.79 Å². The first kappa shape index (κ1) is 15.6. The number of amides is 1. The number of pyridine rings is 1. The summed E-state index contributed by atoms with van der Waals surface area (Å²) in [6.45, 7) is 2.73. The zero-order valence-corrected chi connectivity index (χ0v) is 14.7. The standard InChI is InChI=1S/C19H23N3OS/c23-19(17-12-15-5-4-6-16(15)24-17)21-13-14-7-8-20-18(11-14)22-9-2-1-3-10-22/h7-8,11-12H,1-6,9-10,13H2,(H,21,23). The SMILES string of the molecule is O=C(NCc1ccnc(N2CCCCC2)c1)c1cc2c(s1)CCC2. The molecule has 0 radical (unpaired) electrons. The Bertz CT molecular complexity index is 712. The first-order valence-electron chi connectivity index (χ1n) is 8.89. The average molecular weight is 341 g/mol. The van der Waals surface area contributed by atoms with Crippen LogP contribution in [0, 0.1) is 0 Å². The second-order valence-electron chi connectivity index (χ2n) is 6.67. The topological polar surface area (TPSA) is 45.2 Å². The van der Waals surface area contributed by atoms with E-state index in [1.807, 2.05) is 12.3 Å². The van der Waals surface area contributed by atoms with E-state index in [-0.39, 0.29) is 5.91 Å². The van der Waals surface area contributed by atoms with Crippen LogP contribution < -0.4 is 10.2 Å². The van der Waals surface area contributed by atoms with Crippen molar-refractivity contribution in [3.63, 3.8) is 0 Å². The van der Waals surface area contributed by atoms with Crippen LogP contribution in [0.4, 0.5) is 5.82 Å². The van der Waals surface area contributed by atoms with Gasteiger partial charge in [0, 0.05) is 30.7 Å². The van der Waals surface area contributed by atoms with Gasteiger partial charge >= 0.3 is 0 Å². The largest absolute Gasteiger partial charge is 0.357 e. The molecule has 1 amide bonds. The van der Waals surface area contributed by atoms with Crippen molar-refractivity contribution in [3.05, 3.63) is 45.3 Å². The first-order chi connectivity index (χ1) is 11.8. The summed E-state index contributed by atoms with van der Waals surface area (Å²) in [6, 6.07) is 6.18. The van der Waals surface area contributed by atoms with Crippen LogP contribution in [0.2, 0.25) is 0 Å². The van der Waals surface area contributed by atoms with Crippen molar-refractivity contribution in [2.75, 3.05) is 18.0 Å². The number of nitrogens with one attached hydrogen (secondary N) is 1. The molecule has 126 valence electrons. The minimum atomic E-state index is 0.0470. The third-order valence-corrected chi connectivity index (χ3v) is 6.15. The molecule has 0 saturated carbocycles. The van der Waals surface area contributed by atoms with Crippen LogP contribution in [-0.4, -0.2) is 24.0 Å². The smallest absolute Gasteiger partial charge is 0.261 e. The van der Waals surface area contributed by atoms with Gasteiger partial charge in [-0.05, 0) is 67.9 Å². The van der Waals surface area contributed by atoms with Gasteiger partial charge in [0.15, 0.2) is 0 Å². The molecule has 0 bridgehead atoms. The van der Waals surface area contributed by atoms with E-state index >= 15 is 0 Å². The predicted molar refractivity (Wildman–Crippen MR) is 97.8 cm³/mol. The number of anilines is 1. The van der Waals surface area contributed by atoms with Gasteiger partial charge in [-0.25, -0.2) is 4.98 Å². The molecule has 2 aromatic heterocycles. The molecule has 1 fully saturated rings. The number of fused-ring (bicyclic) bond motifs is 1. The number of hydrogen-bond acceptors (Lipinski definition) is 4. The van der Waals surface area contributed by atoms with Crippen molar-refractivity contribution in [3.8, 4) is 0 Å². The number of aromatic nitrogens is 1. The molecule has 0 unspecified atom stereocenters. The van der Waals surface area contributed by atoms with Gasteiger partial charge in [0.05, 0.1) is 4.88 Å². The molecule has 2 aromatic rings. The van der Waals surface area contributed by atoms with Gasteiger partial charge < -0.3 is 10.2 Å². The first-order valence-corrected chi connectivity index (χ1v) is 9.71. The molecule has 1 saturated heterocycles. The molecule has 1 N–H and O–H groups in total. The Balaban J connectivity index is 1.39. The lowest BCUT2D eigenvalue weighted by Gasteiger charge is -2.27. The van der Waals surface area contributed by atoms with Crippen molar-refractivity contribution in [1.29, 1.82) is 0 Å². The van der Waals surface area contributed by atoms with E-state index in [9.17, 15) is 4.79 Å². The van der Waals surface area contributed by atoms with Crippen LogP contribution in [0.3, 0.4) is 0 Å². The van der Waals surface area contributed by atoms with Crippen molar-refractivity contribution < 1.29 is 4.79 Å². The summed E-state index contributed by atoms with van der Waals surface area (Å²) in [5, 5.41) is 3.06. The summed E-state index contributed by atoms with van der Waals surface area (Å²) < 4.78 is 0. The van der Waals surface area contributed by atoms with Crippen molar-refractivity contribution in [2.45, 2.75) is 45.1 Å². The molecule has 1 aliphatic heterocycles. The summed E-state index contributed by atoms with van der Waals surface area (Å²) in [7, 11) is 0. The molecule has 3 heterocycles. The fourth-order valence-electron chi connectivity index (χ4n) is 3.58. The van der Waals surface area contributed by atoms with Gasteiger partial charge in [0.25, 0.3) is 5.91 Å². The Kier molecular flexibility index (Phi) is 4.52. The minimum absolute atomic E-state index is 0.0470. The maximum absolute atomic E-state index is 12.4. The summed E-state index contributed by atoms with van der Waals surface area (Å²) >= 11 is 1.66. The second-order valence-corrected chi connectivity index (χ2v) is 7.80. The van der Waals surface area contributed by atoms with Crippen molar-refractivity contribution in [2.24, 2.45) is 0 Å². The highest BCUT2D eigenvalue weighted by Gasteiger charge is 2.18. The Hall–Kier alpha value is -1.88. The Morgan fingerprint density at radius 1 is 1.17 bits per heavy atom. The Morgan fingerprint density at radius 3 is 2.88 bits per heavy atom. The van der Waals surface area contributed by atoms with E-state index < -0.39 is 0 Å². The number of carbonyl (C=O) groups excluding carboxylic acids is 1. The summed E-state index contributed by atoms with van der Waals surface area (Å²) in [4.78, 5) is 21.5. The van der Waals surface area contributed by atoms with Crippen molar-refractivity contribution >= 4 is 23.1 Å². The second kappa shape index (κ2) is 6.93. The number of nitrogens with zero attached hydrogens (tertiary/aromatic N) is 2.